The summed E-state index contributed by atoms with van der Waals surface area (Å²) in [7, 11) is 0. The third-order valence-corrected chi connectivity index (χ3v) is 1.33. The summed E-state index contributed by atoms with van der Waals surface area (Å²) >= 11 is 0. The van der Waals surface area contributed by atoms with Gasteiger partial charge >= 0.3 is 6.18 Å². The molecule has 0 saturated heterocycles. The van der Waals surface area contributed by atoms with Crippen molar-refractivity contribution in [2.45, 2.75) is 33.9 Å². The van der Waals surface area contributed by atoms with E-state index in [0.717, 1.165) is 12.1 Å². The summed E-state index contributed by atoms with van der Waals surface area (Å²) in [6.45, 7) is 8.00. The van der Waals surface area contributed by atoms with Gasteiger partial charge in [-0.2, -0.15) is 13.2 Å². The largest absolute Gasteiger partial charge is 0.416 e. The molecule has 0 aliphatic rings. The predicted octanol–water partition coefficient (Wildman–Crippen LogP) is 4.48. The number of hydrogen-bond donors (Lipinski definition) is 1. The van der Waals surface area contributed by atoms with E-state index >= 15 is 0 Å². The van der Waals surface area contributed by atoms with Gasteiger partial charge in [-0.05, 0) is 18.2 Å². The lowest BCUT2D eigenvalue weighted by molar-refractivity contribution is -0.137. The normalized spacial score (nSPS) is 9.50. The molecule has 94 valence electrons. The molecule has 0 aliphatic carbocycles. The van der Waals surface area contributed by atoms with Gasteiger partial charge in [0.2, 0.25) is 0 Å². The zero-order valence-corrected chi connectivity index (χ0v) is 9.82. The Morgan fingerprint density at radius 1 is 1.00 bits per heavy atom. The van der Waals surface area contributed by atoms with Crippen LogP contribution < -0.4 is 5.73 Å². The lowest BCUT2D eigenvalue weighted by Gasteiger charge is -2.06. The van der Waals surface area contributed by atoms with Gasteiger partial charge in [-0.3, -0.25) is 0 Å². The van der Waals surface area contributed by atoms with E-state index < -0.39 is 17.6 Å². The average Bonchev–Trinajstić information content (AvgIpc) is 2.26. The lowest BCUT2D eigenvalue weighted by Crippen LogP contribution is -2.05. The number of hydrogen-bond acceptors (Lipinski definition) is 1. The number of alkyl halides is 3. The van der Waals surface area contributed by atoms with Gasteiger partial charge in [0.15, 0.2) is 0 Å². The molecule has 0 unspecified atom stereocenters. The Hall–Kier alpha value is -1.26. The Kier molecular flexibility index (Phi) is 8.53. The van der Waals surface area contributed by atoms with Crippen LogP contribution in [0.25, 0.3) is 0 Å². The minimum atomic E-state index is -4.52. The number of benzene rings is 1. The van der Waals surface area contributed by atoms with Crippen LogP contribution in [0.15, 0.2) is 18.2 Å². The van der Waals surface area contributed by atoms with Crippen LogP contribution in [0.1, 0.15) is 33.3 Å². The second-order valence-electron chi connectivity index (χ2n) is 2.23. The molecule has 0 radical (unpaired) electrons. The van der Waals surface area contributed by atoms with Crippen LogP contribution in [0.5, 0.6) is 0 Å². The van der Waals surface area contributed by atoms with Crippen LogP contribution in [0.4, 0.5) is 23.2 Å². The topological polar surface area (TPSA) is 26.0 Å². The van der Waals surface area contributed by atoms with Crippen molar-refractivity contribution in [3.8, 4) is 0 Å². The van der Waals surface area contributed by atoms with Gasteiger partial charge in [0.1, 0.15) is 5.82 Å². The predicted molar refractivity (Wildman–Crippen MR) is 58.5 cm³/mol. The first-order valence-corrected chi connectivity index (χ1v) is 5.03. The van der Waals surface area contributed by atoms with Crippen molar-refractivity contribution in [1.82, 2.24) is 0 Å². The molecule has 1 nitrogen and oxygen atoms in total. The molecular formula is C11H17F4N. The molecule has 0 spiro atoms. The Labute approximate surface area is 93.3 Å². The number of halogens is 4. The monoisotopic (exact) mass is 239 g/mol. The highest BCUT2D eigenvalue weighted by Crippen LogP contribution is 2.30. The van der Waals surface area contributed by atoms with Crippen molar-refractivity contribution in [3.05, 3.63) is 29.6 Å². The second kappa shape index (κ2) is 7.96. The van der Waals surface area contributed by atoms with Gasteiger partial charge in [-0.25, -0.2) is 4.39 Å². The van der Waals surface area contributed by atoms with Crippen molar-refractivity contribution in [2.75, 3.05) is 5.73 Å². The van der Waals surface area contributed by atoms with E-state index in [9.17, 15) is 17.6 Å². The molecule has 16 heavy (non-hydrogen) atoms. The molecule has 0 aliphatic heterocycles. The summed E-state index contributed by atoms with van der Waals surface area (Å²) in [4.78, 5) is 0. The number of nitrogen functional groups attached to an aromatic ring is 1. The fourth-order valence-electron chi connectivity index (χ4n) is 0.703. The zero-order chi connectivity index (χ0) is 13.4. The van der Waals surface area contributed by atoms with Crippen LogP contribution in [-0.2, 0) is 6.18 Å². The Morgan fingerprint density at radius 2 is 1.44 bits per heavy atom. The van der Waals surface area contributed by atoms with Crippen LogP contribution in [0, 0.1) is 5.82 Å². The molecule has 1 aromatic carbocycles. The Bertz CT molecular complexity index is 295. The Morgan fingerprint density at radius 3 is 1.75 bits per heavy atom. The van der Waals surface area contributed by atoms with E-state index in [-0.39, 0.29) is 5.69 Å². The van der Waals surface area contributed by atoms with E-state index in [4.69, 9.17) is 5.73 Å². The van der Waals surface area contributed by atoms with Crippen LogP contribution >= 0.6 is 0 Å². The molecule has 0 atom stereocenters. The molecule has 0 saturated carbocycles. The van der Waals surface area contributed by atoms with E-state index in [1.807, 2.05) is 27.7 Å². The highest BCUT2D eigenvalue weighted by Gasteiger charge is 2.30. The van der Waals surface area contributed by atoms with E-state index in [1.165, 1.54) is 0 Å². The smallest absolute Gasteiger partial charge is 0.396 e. The average molecular weight is 239 g/mol. The Balaban J connectivity index is 0. The van der Waals surface area contributed by atoms with Crippen LogP contribution in [0.3, 0.4) is 0 Å². The first-order valence-electron chi connectivity index (χ1n) is 5.03. The molecular weight excluding hydrogens is 222 g/mol. The summed E-state index contributed by atoms with van der Waals surface area (Å²) in [5.74, 6) is -1.05. The summed E-state index contributed by atoms with van der Waals surface area (Å²) in [5, 5.41) is 0. The zero-order valence-electron chi connectivity index (χ0n) is 9.82. The van der Waals surface area contributed by atoms with Crippen LogP contribution in [-0.4, -0.2) is 0 Å². The van der Waals surface area contributed by atoms with Gasteiger partial charge in [0.05, 0.1) is 11.3 Å². The molecule has 2 N–H and O–H groups in total. The maximum atomic E-state index is 12.5. The van der Waals surface area contributed by atoms with Gasteiger partial charge < -0.3 is 5.73 Å². The summed E-state index contributed by atoms with van der Waals surface area (Å²) in [5.41, 5.74) is 3.67. The fraction of sp³-hybridized carbons (Fsp3) is 0.455. The molecule has 0 bridgehead atoms. The van der Waals surface area contributed by atoms with Crippen molar-refractivity contribution in [2.24, 2.45) is 0 Å². The third-order valence-electron chi connectivity index (χ3n) is 1.33. The number of anilines is 1. The van der Waals surface area contributed by atoms with E-state index in [0.29, 0.717) is 6.07 Å². The van der Waals surface area contributed by atoms with Crippen molar-refractivity contribution < 1.29 is 17.6 Å². The van der Waals surface area contributed by atoms with Crippen molar-refractivity contribution in [3.63, 3.8) is 0 Å². The molecule has 1 aromatic rings. The number of nitrogens with two attached hydrogens (primary N) is 1. The molecule has 0 amide bonds. The second-order valence-corrected chi connectivity index (χ2v) is 2.23. The minimum absolute atomic E-state index is 0.289. The maximum Gasteiger partial charge on any atom is 0.416 e. The summed E-state index contributed by atoms with van der Waals surface area (Å²) < 4.78 is 48.2. The van der Waals surface area contributed by atoms with Crippen LogP contribution in [0.2, 0.25) is 0 Å². The van der Waals surface area contributed by atoms with Gasteiger partial charge in [0.25, 0.3) is 0 Å². The lowest BCUT2D eigenvalue weighted by atomic mass is 10.2. The number of rotatable bonds is 0. The van der Waals surface area contributed by atoms with Gasteiger partial charge in [-0.15, -0.1) is 0 Å². The SMILES string of the molecule is CC.CC.Nc1ccc(C(F)(F)F)cc1F. The van der Waals surface area contributed by atoms with Crippen molar-refractivity contribution in [1.29, 1.82) is 0 Å². The molecule has 1 rings (SSSR count). The highest BCUT2D eigenvalue weighted by molar-refractivity contribution is 5.41. The molecule has 0 fully saturated rings. The maximum absolute atomic E-state index is 12.5. The van der Waals surface area contributed by atoms with Gasteiger partial charge in [-0.1, -0.05) is 27.7 Å². The highest BCUT2D eigenvalue weighted by atomic mass is 19.4. The molecule has 5 heteroatoms. The van der Waals surface area contributed by atoms with Crippen molar-refractivity contribution >= 4 is 5.69 Å². The van der Waals surface area contributed by atoms with E-state index in [2.05, 4.69) is 0 Å². The summed E-state index contributed by atoms with van der Waals surface area (Å²) in [6.07, 6.45) is -4.52. The minimum Gasteiger partial charge on any atom is -0.396 e. The van der Waals surface area contributed by atoms with E-state index in [1.54, 1.807) is 0 Å². The fourth-order valence-corrected chi connectivity index (χ4v) is 0.703. The summed E-state index contributed by atoms with van der Waals surface area (Å²) in [6, 6.07) is 1.99. The quantitative estimate of drug-likeness (QED) is 0.524. The third kappa shape index (κ3) is 5.58. The standard InChI is InChI=1S/C7H5F4N.2C2H6/c8-5-3-4(7(9,10)11)1-2-6(5)12;2*1-2/h1-3H,12H2;2*1-2H3. The van der Waals surface area contributed by atoms with Gasteiger partial charge in [0, 0.05) is 0 Å². The first kappa shape index (κ1) is 17.1. The first-order chi connectivity index (χ1) is 7.41. The molecule has 0 aromatic heterocycles. The molecule has 0 heterocycles.